The summed E-state index contributed by atoms with van der Waals surface area (Å²) in [5.74, 6) is 0.172. The number of benzene rings is 1. The van der Waals surface area contributed by atoms with E-state index >= 15 is 0 Å². The van der Waals surface area contributed by atoms with Crippen LogP contribution >= 0.6 is 22.6 Å². The zero-order valence-electron chi connectivity index (χ0n) is 6.41. The smallest absolute Gasteiger partial charge is 0.335 e. The lowest BCUT2D eigenvalue weighted by Crippen LogP contribution is -1.96. The molecule has 1 aromatic carbocycles. The molecule has 13 heavy (non-hydrogen) atoms. The van der Waals surface area contributed by atoms with Crippen molar-refractivity contribution in [1.82, 2.24) is 0 Å². The molecule has 0 spiro atoms. The first-order valence-corrected chi connectivity index (χ1v) is 4.59. The van der Waals surface area contributed by atoms with Gasteiger partial charge in [-0.1, -0.05) is 0 Å². The Hall–Kier alpha value is -0.980. The molecule has 0 aliphatic carbocycles. The first-order valence-electron chi connectivity index (χ1n) is 3.51. The van der Waals surface area contributed by atoms with Crippen LogP contribution in [0.5, 0.6) is 11.5 Å². The number of fused-ring (bicyclic) bond motifs is 1. The molecule has 5 heteroatoms. The number of hydrogen-bond acceptors (Lipinski definition) is 3. The van der Waals surface area contributed by atoms with E-state index in [0.717, 1.165) is 3.57 Å². The minimum Gasteiger partial charge on any atom is -0.478 e. The summed E-state index contributed by atoms with van der Waals surface area (Å²) in [5, 5.41) is 8.74. The maximum Gasteiger partial charge on any atom is 0.335 e. The van der Waals surface area contributed by atoms with Gasteiger partial charge in [-0.2, -0.15) is 0 Å². The Labute approximate surface area is 87.6 Å². The highest BCUT2D eigenvalue weighted by Gasteiger charge is 2.19. The maximum absolute atomic E-state index is 10.7. The average molecular weight is 292 g/mol. The van der Waals surface area contributed by atoms with Crippen molar-refractivity contribution in [2.24, 2.45) is 0 Å². The first-order chi connectivity index (χ1) is 6.18. The van der Waals surface area contributed by atoms with Gasteiger partial charge in [-0.15, -0.1) is 0 Å². The van der Waals surface area contributed by atoms with Crippen LogP contribution in [0.15, 0.2) is 12.1 Å². The Kier molecular flexibility index (Phi) is 2.03. The van der Waals surface area contributed by atoms with E-state index in [2.05, 4.69) is 0 Å². The van der Waals surface area contributed by atoms with E-state index < -0.39 is 5.97 Å². The minimum absolute atomic E-state index is 0.161. The van der Waals surface area contributed by atoms with Crippen molar-refractivity contribution in [2.45, 2.75) is 0 Å². The second kappa shape index (κ2) is 3.06. The van der Waals surface area contributed by atoms with E-state index in [4.69, 9.17) is 14.6 Å². The largest absolute Gasteiger partial charge is 0.478 e. The lowest BCUT2D eigenvalue weighted by molar-refractivity contribution is 0.0696. The van der Waals surface area contributed by atoms with Crippen LogP contribution in [0.1, 0.15) is 10.4 Å². The molecule has 1 aliphatic rings. The second-order valence-electron chi connectivity index (χ2n) is 2.50. The summed E-state index contributed by atoms with van der Waals surface area (Å²) >= 11 is 2.02. The van der Waals surface area contributed by atoms with Crippen LogP contribution in [0.2, 0.25) is 0 Å². The van der Waals surface area contributed by atoms with Gasteiger partial charge in [-0.05, 0) is 34.7 Å². The third kappa shape index (κ3) is 1.43. The summed E-state index contributed by atoms with van der Waals surface area (Å²) < 4.78 is 11.0. The van der Waals surface area contributed by atoms with Gasteiger partial charge in [-0.25, -0.2) is 4.79 Å². The molecule has 0 fully saturated rings. The number of carboxylic acids is 1. The van der Waals surface area contributed by atoms with Crippen LogP contribution in [-0.2, 0) is 0 Å². The zero-order valence-corrected chi connectivity index (χ0v) is 8.57. The number of aromatic carboxylic acids is 1. The number of hydrogen-bond donors (Lipinski definition) is 1. The van der Waals surface area contributed by atoms with Gasteiger partial charge in [0.1, 0.15) is 0 Å². The fourth-order valence-corrected chi connectivity index (χ4v) is 1.85. The molecule has 1 heterocycles. The molecule has 0 saturated heterocycles. The van der Waals surface area contributed by atoms with E-state index in [-0.39, 0.29) is 12.4 Å². The van der Waals surface area contributed by atoms with E-state index in [1.54, 1.807) is 6.07 Å². The minimum atomic E-state index is -0.962. The highest BCUT2D eigenvalue weighted by molar-refractivity contribution is 14.1. The quantitative estimate of drug-likeness (QED) is 0.801. The van der Waals surface area contributed by atoms with Crippen LogP contribution in [0, 0.1) is 3.57 Å². The van der Waals surface area contributed by atoms with Crippen molar-refractivity contribution in [1.29, 1.82) is 0 Å². The van der Waals surface area contributed by atoms with Gasteiger partial charge in [-0.3, -0.25) is 0 Å². The van der Waals surface area contributed by atoms with E-state index in [9.17, 15) is 4.79 Å². The van der Waals surface area contributed by atoms with Gasteiger partial charge in [0, 0.05) is 0 Å². The van der Waals surface area contributed by atoms with Crippen molar-refractivity contribution in [3.63, 3.8) is 0 Å². The predicted molar refractivity (Wildman–Crippen MR) is 52.2 cm³/mol. The lowest BCUT2D eigenvalue weighted by atomic mass is 10.2. The average Bonchev–Trinajstić information content (AvgIpc) is 2.51. The van der Waals surface area contributed by atoms with Gasteiger partial charge in [0.25, 0.3) is 0 Å². The van der Waals surface area contributed by atoms with Crippen LogP contribution in [-0.4, -0.2) is 17.9 Å². The molecule has 0 unspecified atom stereocenters. The number of halogens is 1. The molecule has 0 radical (unpaired) electrons. The molecule has 0 atom stereocenters. The lowest BCUT2D eigenvalue weighted by Gasteiger charge is -2.00. The van der Waals surface area contributed by atoms with Gasteiger partial charge in [0.2, 0.25) is 6.79 Å². The monoisotopic (exact) mass is 292 g/mol. The van der Waals surface area contributed by atoms with Crippen LogP contribution in [0.3, 0.4) is 0 Å². The van der Waals surface area contributed by atoms with Crippen molar-refractivity contribution in [2.75, 3.05) is 6.79 Å². The Morgan fingerprint density at radius 3 is 2.92 bits per heavy atom. The van der Waals surface area contributed by atoms with E-state index in [0.29, 0.717) is 11.5 Å². The molecule has 1 aliphatic heterocycles. The van der Waals surface area contributed by atoms with Crippen LogP contribution < -0.4 is 9.47 Å². The van der Waals surface area contributed by atoms with Crippen molar-refractivity contribution < 1.29 is 19.4 Å². The second-order valence-corrected chi connectivity index (χ2v) is 3.66. The molecule has 0 amide bonds. The standard InChI is InChI=1S/C8H5IO4/c9-5-1-4(8(10)11)2-6-7(5)13-3-12-6/h1-2H,3H2,(H,10,11). The summed E-state index contributed by atoms with van der Waals surface area (Å²) in [6, 6.07) is 3.02. The summed E-state index contributed by atoms with van der Waals surface area (Å²) in [6.45, 7) is 0.161. The first kappa shape index (κ1) is 8.61. The van der Waals surface area contributed by atoms with Gasteiger partial charge < -0.3 is 14.6 Å². The molecule has 1 N–H and O–H groups in total. The third-order valence-electron chi connectivity index (χ3n) is 1.67. The summed E-state index contributed by atoms with van der Waals surface area (Å²) in [6.07, 6.45) is 0. The van der Waals surface area contributed by atoms with E-state index in [1.165, 1.54) is 6.07 Å². The molecule has 4 nitrogen and oxygen atoms in total. The van der Waals surface area contributed by atoms with Gasteiger partial charge in [0.15, 0.2) is 11.5 Å². The van der Waals surface area contributed by atoms with E-state index in [1.807, 2.05) is 22.6 Å². The van der Waals surface area contributed by atoms with Crippen molar-refractivity contribution in [3.05, 3.63) is 21.3 Å². The highest BCUT2D eigenvalue weighted by Crippen LogP contribution is 2.37. The SMILES string of the molecule is O=C(O)c1cc(I)c2c(c1)OCO2. The molecule has 0 bridgehead atoms. The fourth-order valence-electron chi connectivity index (χ4n) is 1.09. The molecular weight excluding hydrogens is 287 g/mol. The van der Waals surface area contributed by atoms with Gasteiger partial charge in [0.05, 0.1) is 9.13 Å². The molecule has 2 rings (SSSR count). The molecule has 1 aromatic rings. The Morgan fingerprint density at radius 2 is 2.23 bits per heavy atom. The maximum atomic E-state index is 10.7. The summed E-state index contributed by atoms with van der Waals surface area (Å²) in [4.78, 5) is 10.7. The molecule has 0 aromatic heterocycles. The zero-order chi connectivity index (χ0) is 9.42. The Bertz CT molecular complexity index is 375. The van der Waals surface area contributed by atoms with Crippen LogP contribution in [0.25, 0.3) is 0 Å². The fraction of sp³-hybridized carbons (Fsp3) is 0.125. The topological polar surface area (TPSA) is 55.8 Å². The number of carboxylic acid groups (broad SMARTS) is 1. The highest BCUT2D eigenvalue weighted by atomic mass is 127. The molecule has 0 saturated carbocycles. The normalized spacial score (nSPS) is 13.0. The molecule has 68 valence electrons. The number of rotatable bonds is 1. The predicted octanol–water partition coefficient (Wildman–Crippen LogP) is 1.72. The van der Waals surface area contributed by atoms with Gasteiger partial charge >= 0.3 is 5.97 Å². The summed E-state index contributed by atoms with van der Waals surface area (Å²) in [5.41, 5.74) is 0.216. The van der Waals surface area contributed by atoms with Crippen LogP contribution in [0.4, 0.5) is 0 Å². The number of ether oxygens (including phenoxy) is 2. The van der Waals surface area contributed by atoms with Crippen molar-refractivity contribution in [3.8, 4) is 11.5 Å². The Morgan fingerprint density at radius 1 is 1.46 bits per heavy atom. The molecular formula is C8H5IO4. The van der Waals surface area contributed by atoms with Crippen molar-refractivity contribution >= 4 is 28.6 Å². The number of carbonyl (C=O) groups is 1. The Balaban J connectivity index is 2.55. The third-order valence-corrected chi connectivity index (χ3v) is 2.48. The summed E-state index contributed by atoms with van der Waals surface area (Å²) in [7, 11) is 0.